The lowest BCUT2D eigenvalue weighted by molar-refractivity contribution is 0.0682. The van der Waals surface area contributed by atoms with Gasteiger partial charge in [-0.3, -0.25) is 9.69 Å². The number of nitrogens with one attached hydrogen (secondary N) is 1. The largest absolute Gasteiger partial charge is 0.394 e. The number of fused-ring (bicyclic) bond motifs is 3. The van der Waals surface area contributed by atoms with E-state index in [2.05, 4.69) is 20.1 Å². The number of benzene rings is 1. The van der Waals surface area contributed by atoms with Crippen molar-refractivity contribution in [3.63, 3.8) is 0 Å². The number of hydrogen-bond acceptors (Lipinski definition) is 10. The first kappa shape index (κ1) is 27.2. The summed E-state index contributed by atoms with van der Waals surface area (Å²) in [6.07, 6.45) is 5.82. The first-order valence-electron chi connectivity index (χ1n) is 14.7. The fourth-order valence-corrected chi connectivity index (χ4v) is 6.98. The molecule has 3 atom stereocenters. The highest BCUT2D eigenvalue weighted by Gasteiger charge is 2.45. The monoisotopic (exact) mass is 584 g/mol. The van der Waals surface area contributed by atoms with Crippen LogP contribution in [0.15, 0.2) is 42.6 Å². The van der Waals surface area contributed by atoms with Crippen LogP contribution in [0.2, 0.25) is 0 Å². The van der Waals surface area contributed by atoms with Crippen LogP contribution < -0.4 is 10.2 Å². The van der Waals surface area contributed by atoms with E-state index in [1.54, 1.807) is 18.0 Å². The van der Waals surface area contributed by atoms with E-state index >= 15 is 0 Å². The van der Waals surface area contributed by atoms with Gasteiger partial charge in [0.25, 0.3) is 5.91 Å². The van der Waals surface area contributed by atoms with Crippen molar-refractivity contribution in [3.8, 4) is 10.6 Å². The van der Waals surface area contributed by atoms with Crippen molar-refractivity contribution in [1.82, 2.24) is 29.7 Å². The van der Waals surface area contributed by atoms with Gasteiger partial charge in [-0.1, -0.05) is 12.1 Å². The minimum atomic E-state index is -0.261. The number of amides is 1. The van der Waals surface area contributed by atoms with Gasteiger partial charge < -0.3 is 20.2 Å². The van der Waals surface area contributed by atoms with Crippen LogP contribution in [0.25, 0.3) is 20.8 Å². The second kappa shape index (κ2) is 10.9. The lowest BCUT2D eigenvalue weighted by Crippen LogP contribution is -2.47. The van der Waals surface area contributed by atoms with Crippen molar-refractivity contribution in [2.75, 3.05) is 43.5 Å². The van der Waals surface area contributed by atoms with Gasteiger partial charge in [0.1, 0.15) is 16.6 Å². The highest BCUT2D eigenvalue weighted by molar-refractivity contribution is 7.21. The van der Waals surface area contributed by atoms with Crippen LogP contribution in [0.5, 0.6) is 0 Å². The predicted octanol–water partition coefficient (Wildman–Crippen LogP) is 4.33. The number of carbonyl (C=O) groups excluding carboxylic acids is 1. The topological polar surface area (TPSA) is 111 Å². The number of pyridine rings is 1. The van der Waals surface area contributed by atoms with Gasteiger partial charge in [-0.15, -0.1) is 11.3 Å². The van der Waals surface area contributed by atoms with E-state index in [0.29, 0.717) is 23.5 Å². The fraction of sp³-hybridized carbons (Fsp3) is 0.452. The van der Waals surface area contributed by atoms with Gasteiger partial charge in [0, 0.05) is 73.9 Å². The standard InChI is InChI=1S/C31H36N8O2S/c1-18-9-28(36-31(33-18)39-16-23-11-24(39)15-38(23)14-20-7-8-20)35-27-12-25-26(13-32-27)42-29(34-25)21-5-4-6-22(10-21)30(41)37(3)19(2)17-40/h4-6,9-10,12-13,19-20,23-24,40H,7-8,11,14-17H2,1-3H3,(H,32,33,35,36)/t19-,23-,24-/m0/s1. The van der Waals surface area contributed by atoms with Crippen molar-refractivity contribution in [2.24, 2.45) is 5.92 Å². The smallest absolute Gasteiger partial charge is 0.253 e. The molecule has 2 bridgehead atoms. The first-order chi connectivity index (χ1) is 20.3. The summed E-state index contributed by atoms with van der Waals surface area (Å²) in [6, 6.07) is 12.2. The fourth-order valence-electron chi connectivity index (χ4n) is 6.06. The Labute approximate surface area is 249 Å². The van der Waals surface area contributed by atoms with Crippen molar-refractivity contribution in [2.45, 2.75) is 51.2 Å². The quantitative estimate of drug-likeness (QED) is 0.297. The summed E-state index contributed by atoms with van der Waals surface area (Å²) in [5.41, 5.74) is 3.18. The number of carbonyl (C=O) groups is 1. The number of nitrogens with zero attached hydrogens (tertiary/aromatic N) is 7. The van der Waals surface area contributed by atoms with Crippen LogP contribution in [0.3, 0.4) is 0 Å². The molecular weight excluding hydrogens is 548 g/mol. The molecule has 2 N–H and O–H groups in total. The molecule has 0 spiro atoms. The van der Waals surface area contributed by atoms with Crippen LogP contribution >= 0.6 is 11.3 Å². The Bertz CT molecular complexity index is 1640. The van der Waals surface area contributed by atoms with Crippen LogP contribution in [0, 0.1) is 12.8 Å². The molecule has 11 heteroatoms. The molecular formula is C31H36N8O2S. The number of aliphatic hydroxyl groups is 1. The lowest BCUT2D eigenvalue weighted by Gasteiger charge is -2.34. The maximum atomic E-state index is 12.9. The Hall–Kier alpha value is -3.67. The molecule has 1 saturated carbocycles. The Morgan fingerprint density at radius 3 is 2.76 bits per heavy atom. The SMILES string of the molecule is Cc1cc(Nc2cc3nc(-c4cccc(C(=O)N(C)[C@@H](C)CO)c4)sc3cn2)nc(N2C[C@@H]3C[C@H]2CN3CC2CC2)n1. The summed E-state index contributed by atoms with van der Waals surface area (Å²) < 4.78 is 0.960. The predicted molar refractivity (Wildman–Crippen MR) is 165 cm³/mol. The molecule has 42 heavy (non-hydrogen) atoms. The molecule has 2 saturated heterocycles. The van der Waals surface area contributed by atoms with Gasteiger partial charge in [0.05, 0.1) is 22.9 Å². The van der Waals surface area contributed by atoms with E-state index in [4.69, 9.17) is 15.0 Å². The van der Waals surface area contributed by atoms with Gasteiger partial charge in [-0.25, -0.2) is 15.0 Å². The van der Waals surface area contributed by atoms with Gasteiger partial charge in [-0.2, -0.15) is 4.98 Å². The van der Waals surface area contributed by atoms with Crippen LogP contribution in [-0.4, -0.2) is 92.2 Å². The van der Waals surface area contributed by atoms with Crippen LogP contribution in [0.4, 0.5) is 17.6 Å². The Balaban J connectivity index is 1.08. The van der Waals surface area contributed by atoms with Crippen molar-refractivity contribution < 1.29 is 9.90 Å². The highest BCUT2D eigenvalue weighted by Crippen LogP contribution is 2.38. The number of piperazine rings is 1. The molecule has 0 unspecified atom stereocenters. The average molecular weight is 585 g/mol. The number of rotatable bonds is 9. The third kappa shape index (κ3) is 5.32. The number of aliphatic hydroxyl groups excluding tert-OH is 1. The van der Waals surface area contributed by atoms with Crippen LogP contribution in [-0.2, 0) is 0 Å². The van der Waals surface area contributed by atoms with E-state index in [-0.39, 0.29) is 18.6 Å². The zero-order valence-corrected chi connectivity index (χ0v) is 25.0. The summed E-state index contributed by atoms with van der Waals surface area (Å²) in [7, 11) is 1.70. The second-order valence-corrected chi connectivity index (χ2v) is 13.0. The summed E-state index contributed by atoms with van der Waals surface area (Å²) >= 11 is 1.54. The molecule has 1 amide bonds. The van der Waals surface area contributed by atoms with Gasteiger partial charge in [-0.05, 0) is 51.2 Å². The van der Waals surface area contributed by atoms with Crippen molar-refractivity contribution >= 4 is 45.0 Å². The summed E-state index contributed by atoms with van der Waals surface area (Å²) in [4.78, 5) is 38.7. The maximum absolute atomic E-state index is 12.9. The number of thiazole rings is 1. The van der Waals surface area contributed by atoms with Crippen LogP contribution in [0.1, 0.15) is 42.2 Å². The first-order valence-corrected chi connectivity index (χ1v) is 15.5. The molecule has 1 aliphatic carbocycles. The molecule has 1 aromatic carbocycles. The zero-order valence-electron chi connectivity index (χ0n) is 24.2. The second-order valence-electron chi connectivity index (χ2n) is 12.0. The van der Waals surface area contributed by atoms with Gasteiger partial charge in [0.15, 0.2) is 0 Å². The van der Waals surface area contributed by atoms with Crippen molar-refractivity contribution in [3.05, 3.63) is 53.9 Å². The van der Waals surface area contributed by atoms with E-state index in [1.165, 1.54) is 37.1 Å². The summed E-state index contributed by atoms with van der Waals surface area (Å²) in [5.74, 6) is 2.98. The van der Waals surface area contributed by atoms with E-state index in [1.807, 2.05) is 50.4 Å². The molecule has 3 aliphatic rings. The summed E-state index contributed by atoms with van der Waals surface area (Å²) in [5, 5.41) is 13.6. The highest BCUT2D eigenvalue weighted by atomic mass is 32.1. The average Bonchev–Trinajstić information content (AvgIpc) is 3.37. The molecule has 7 rings (SSSR count). The zero-order chi connectivity index (χ0) is 29.0. The number of likely N-dealkylation sites (tertiary alicyclic amines) is 1. The number of anilines is 3. The molecule has 10 nitrogen and oxygen atoms in total. The normalized spacial score (nSPS) is 20.8. The lowest BCUT2D eigenvalue weighted by atomic mass is 10.1. The van der Waals surface area contributed by atoms with Crippen molar-refractivity contribution in [1.29, 1.82) is 0 Å². The van der Waals surface area contributed by atoms with Gasteiger partial charge in [0.2, 0.25) is 5.95 Å². The Morgan fingerprint density at radius 2 is 2.00 bits per heavy atom. The number of aryl methyl sites for hydroxylation is 1. The van der Waals surface area contributed by atoms with E-state index in [9.17, 15) is 9.90 Å². The number of likely N-dealkylation sites (N-methyl/N-ethyl adjacent to an activating group) is 1. The van der Waals surface area contributed by atoms with E-state index in [0.717, 1.165) is 57.3 Å². The Morgan fingerprint density at radius 1 is 1.14 bits per heavy atom. The number of hydrogen-bond donors (Lipinski definition) is 2. The molecule has 5 heterocycles. The maximum Gasteiger partial charge on any atom is 0.253 e. The molecule has 4 aromatic rings. The molecule has 0 radical (unpaired) electrons. The molecule has 218 valence electrons. The third-order valence-electron chi connectivity index (χ3n) is 8.78. The Kier molecular flexibility index (Phi) is 7.03. The molecule has 2 aliphatic heterocycles. The summed E-state index contributed by atoms with van der Waals surface area (Å²) in [6.45, 7) is 7.10. The van der Waals surface area contributed by atoms with Gasteiger partial charge >= 0.3 is 0 Å². The third-order valence-corrected chi connectivity index (χ3v) is 9.83. The number of aromatic nitrogens is 4. The molecule has 3 fully saturated rings. The van der Waals surface area contributed by atoms with E-state index < -0.39 is 0 Å². The minimum absolute atomic E-state index is 0.0859. The molecule has 3 aromatic heterocycles. The minimum Gasteiger partial charge on any atom is -0.394 e.